The molecule has 0 amide bonds. The van der Waals surface area contributed by atoms with Crippen molar-refractivity contribution in [3.63, 3.8) is 0 Å². The molecule has 0 fully saturated rings. The number of benzene rings is 6. The summed E-state index contributed by atoms with van der Waals surface area (Å²) in [6.45, 7) is 25.9. The number of hydrogen-bond donors (Lipinski definition) is 0. The van der Waals surface area contributed by atoms with Gasteiger partial charge in [-0.05, 0) is 145 Å². The molecule has 4 aliphatic rings. The normalized spacial score (nSPS) is 18.3. The highest BCUT2D eigenvalue weighted by Gasteiger charge is 2.47. The first-order valence-corrected chi connectivity index (χ1v) is 21.3. The van der Waals surface area contributed by atoms with Crippen LogP contribution in [0.15, 0.2) is 121 Å². The van der Waals surface area contributed by atoms with Crippen molar-refractivity contribution < 1.29 is 0 Å². The van der Waals surface area contributed by atoms with Crippen LogP contribution in [0, 0.1) is 11.8 Å². The molecular weight excluding hydrogens is 685 g/mol. The molecule has 284 valence electrons. The monoisotopic (exact) mass is 740 g/mol. The Hall–Kier alpha value is -5.20. The first-order valence-electron chi connectivity index (χ1n) is 21.3. The molecule has 6 aromatic rings. The number of hydrogen-bond acceptors (Lipinski definition) is 0. The third-order valence-electron chi connectivity index (χ3n) is 13.6. The lowest BCUT2D eigenvalue weighted by atomic mass is 9.72. The van der Waals surface area contributed by atoms with E-state index in [1.54, 1.807) is 0 Å². The molecule has 0 N–H and O–H groups in total. The van der Waals surface area contributed by atoms with Crippen LogP contribution >= 0.6 is 0 Å². The second kappa shape index (κ2) is 12.2. The Kier molecular flexibility index (Phi) is 7.71. The van der Waals surface area contributed by atoms with E-state index in [9.17, 15) is 0 Å². The lowest BCUT2D eigenvalue weighted by Crippen LogP contribution is -2.17. The number of allylic oxidation sites excluding steroid dienone is 8. The van der Waals surface area contributed by atoms with Gasteiger partial charge in [-0.25, -0.2) is 0 Å². The van der Waals surface area contributed by atoms with E-state index in [0.717, 1.165) is 0 Å². The minimum Gasteiger partial charge on any atom is -0.0616 e. The molecule has 0 spiro atoms. The van der Waals surface area contributed by atoms with Crippen molar-refractivity contribution in [3.05, 3.63) is 166 Å². The zero-order valence-corrected chi connectivity index (χ0v) is 35.8. The minimum absolute atomic E-state index is 0.00609. The molecule has 2 atom stereocenters. The van der Waals surface area contributed by atoms with Gasteiger partial charge in [-0.15, -0.1) is 0 Å². The Morgan fingerprint density at radius 2 is 0.754 bits per heavy atom. The molecule has 0 aliphatic heterocycles. The molecule has 0 heteroatoms. The van der Waals surface area contributed by atoms with Crippen LogP contribution in [-0.4, -0.2) is 0 Å². The van der Waals surface area contributed by atoms with Crippen LogP contribution in [0.4, 0.5) is 0 Å². The molecular formula is C57H56. The molecule has 0 radical (unpaired) electrons. The summed E-state index contributed by atoms with van der Waals surface area (Å²) in [6.07, 6.45) is 9.82. The third kappa shape index (κ3) is 5.46. The van der Waals surface area contributed by atoms with Crippen LogP contribution in [0.25, 0.3) is 66.1 Å². The molecule has 0 heterocycles. The fraction of sp³-hybridized carbons (Fsp3) is 0.298. The van der Waals surface area contributed by atoms with Crippen molar-refractivity contribution in [2.24, 2.45) is 11.8 Å². The van der Waals surface area contributed by atoms with Gasteiger partial charge in [0, 0.05) is 11.8 Å². The van der Waals surface area contributed by atoms with E-state index in [4.69, 9.17) is 0 Å². The van der Waals surface area contributed by atoms with Gasteiger partial charge in [-0.2, -0.15) is 0 Å². The molecule has 10 rings (SSSR count). The largest absolute Gasteiger partial charge is 0.0616 e. The molecule has 0 nitrogen and oxygen atoms in total. The first kappa shape index (κ1) is 36.2. The van der Waals surface area contributed by atoms with Crippen molar-refractivity contribution in [2.45, 2.75) is 98.3 Å². The van der Waals surface area contributed by atoms with Gasteiger partial charge in [0.25, 0.3) is 0 Å². The summed E-state index contributed by atoms with van der Waals surface area (Å²) in [4.78, 5) is 0. The molecule has 0 saturated carbocycles. The predicted molar refractivity (Wildman–Crippen MR) is 248 cm³/mol. The minimum atomic E-state index is 0.00609. The van der Waals surface area contributed by atoms with E-state index in [1.165, 1.54) is 111 Å². The van der Waals surface area contributed by atoms with Gasteiger partial charge < -0.3 is 0 Å². The Labute approximate surface area is 340 Å². The van der Waals surface area contributed by atoms with E-state index < -0.39 is 0 Å². The molecule has 0 aromatic heterocycles. The van der Waals surface area contributed by atoms with Gasteiger partial charge in [0.15, 0.2) is 0 Å². The van der Waals surface area contributed by atoms with Crippen molar-refractivity contribution in [2.75, 3.05) is 0 Å². The lowest BCUT2D eigenvalue weighted by molar-refractivity contribution is 0.569. The Balaban J connectivity index is 1.35. The van der Waals surface area contributed by atoms with E-state index in [2.05, 4.69) is 198 Å². The zero-order valence-electron chi connectivity index (χ0n) is 35.8. The maximum atomic E-state index is 2.61. The average molecular weight is 741 g/mol. The van der Waals surface area contributed by atoms with Crippen LogP contribution in [0.1, 0.15) is 127 Å². The Morgan fingerprint density at radius 1 is 0.386 bits per heavy atom. The van der Waals surface area contributed by atoms with Crippen molar-refractivity contribution in [3.8, 4) is 22.3 Å². The van der Waals surface area contributed by atoms with Gasteiger partial charge in [0.05, 0.1) is 0 Å². The van der Waals surface area contributed by atoms with Crippen molar-refractivity contribution >= 4 is 43.8 Å². The summed E-state index contributed by atoms with van der Waals surface area (Å²) >= 11 is 0. The average Bonchev–Trinajstić information content (AvgIpc) is 3.66. The summed E-state index contributed by atoms with van der Waals surface area (Å²) in [5.41, 5.74) is 22.5. The van der Waals surface area contributed by atoms with Crippen LogP contribution in [0.5, 0.6) is 0 Å². The highest BCUT2D eigenvalue weighted by atomic mass is 14.5. The molecule has 57 heavy (non-hydrogen) atoms. The zero-order chi connectivity index (χ0) is 39.9. The van der Waals surface area contributed by atoms with E-state index in [-0.39, 0.29) is 16.2 Å². The summed E-state index contributed by atoms with van der Waals surface area (Å²) in [7, 11) is 0. The highest BCUT2D eigenvalue weighted by Crippen LogP contribution is 2.63. The summed E-state index contributed by atoms with van der Waals surface area (Å²) in [5.74, 6) is 1.12. The van der Waals surface area contributed by atoms with Gasteiger partial charge in [0.1, 0.15) is 0 Å². The fourth-order valence-electron chi connectivity index (χ4n) is 10.4. The standard InChI is InChI=1S/C57H56/c1-32(2)33-24-34(26-36(25-33)55(3,4)5)51-41-18-14-15-19-42(41)52(35-27-37(56(6,7)8)29-38(28-35)57(9,10)11)50-31-48-46-23-21-44-40-17-13-12-16-39(40)43-20-22-45(54(46)53(43)44)47(48)30-49(50)51/h12-32,53-54H,1-11H3. The summed E-state index contributed by atoms with van der Waals surface area (Å²) < 4.78 is 0. The SMILES string of the molecule is CC(C)c1cc(-c2c3ccccc3c(-c3cc(C(C)(C)C)cc(C(C)(C)C)c3)c3cc4c(cc23)C2=CC=C3c5ccccc5C5=CC=C4C2C35)cc(C(C)(C)C)c1. The van der Waals surface area contributed by atoms with Crippen LogP contribution in [0.3, 0.4) is 0 Å². The van der Waals surface area contributed by atoms with Gasteiger partial charge in [-0.3, -0.25) is 0 Å². The maximum absolute atomic E-state index is 2.61. The second-order valence-electron chi connectivity index (χ2n) is 20.8. The van der Waals surface area contributed by atoms with E-state index >= 15 is 0 Å². The highest BCUT2D eigenvalue weighted by molar-refractivity contribution is 6.23. The second-order valence-corrected chi connectivity index (χ2v) is 20.8. The summed E-state index contributed by atoms with van der Waals surface area (Å²) in [6, 6.07) is 38.5. The number of rotatable bonds is 3. The summed E-state index contributed by atoms with van der Waals surface area (Å²) in [5, 5.41) is 5.34. The topological polar surface area (TPSA) is 0 Å². The molecule has 0 saturated heterocycles. The number of fused-ring (bicyclic) bond motifs is 8. The van der Waals surface area contributed by atoms with Crippen molar-refractivity contribution in [1.82, 2.24) is 0 Å². The lowest BCUT2D eigenvalue weighted by Gasteiger charge is -2.30. The molecule has 4 aliphatic carbocycles. The Morgan fingerprint density at radius 3 is 1.16 bits per heavy atom. The van der Waals surface area contributed by atoms with Crippen LogP contribution in [-0.2, 0) is 16.2 Å². The van der Waals surface area contributed by atoms with Gasteiger partial charge >= 0.3 is 0 Å². The third-order valence-corrected chi connectivity index (χ3v) is 13.6. The molecule has 0 bridgehead atoms. The van der Waals surface area contributed by atoms with E-state index in [1.807, 2.05) is 0 Å². The van der Waals surface area contributed by atoms with Gasteiger partial charge in [-0.1, -0.05) is 185 Å². The fourth-order valence-corrected chi connectivity index (χ4v) is 10.4. The quantitative estimate of drug-likeness (QED) is 0.159. The predicted octanol–water partition coefficient (Wildman–Crippen LogP) is 15.9. The van der Waals surface area contributed by atoms with E-state index in [0.29, 0.717) is 17.8 Å². The van der Waals surface area contributed by atoms with Gasteiger partial charge in [0.2, 0.25) is 0 Å². The van der Waals surface area contributed by atoms with Crippen LogP contribution < -0.4 is 0 Å². The molecule has 6 aromatic carbocycles. The van der Waals surface area contributed by atoms with Crippen LogP contribution in [0.2, 0.25) is 0 Å². The molecule has 2 unspecified atom stereocenters. The smallest absolute Gasteiger partial charge is 0.0211 e. The Bertz CT molecular complexity index is 2820. The first-order chi connectivity index (χ1) is 27.0. The van der Waals surface area contributed by atoms with Crippen molar-refractivity contribution in [1.29, 1.82) is 0 Å². The maximum Gasteiger partial charge on any atom is 0.0211 e.